The third-order valence-electron chi connectivity index (χ3n) is 2.87. The van der Waals surface area contributed by atoms with Crippen LogP contribution < -0.4 is 0 Å². The summed E-state index contributed by atoms with van der Waals surface area (Å²) in [4.78, 5) is 13.6. The van der Waals surface area contributed by atoms with Crippen molar-refractivity contribution in [3.63, 3.8) is 0 Å². The van der Waals surface area contributed by atoms with E-state index in [0.717, 1.165) is 5.56 Å². The third-order valence-corrected chi connectivity index (χ3v) is 3.61. The van der Waals surface area contributed by atoms with Crippen molar-refractivity contribution in [3.8, 4) is 0 Å². The van der Waals surface area contributed by atoms with Crippen LogP contribution in [0.2, 0.25) is 10.0 Å². The van der Waals surface area contributed by atoms with Gasteiger partial charge in [-0.1, -0.05) is 34.5 Å². The predicted octanol–water partition coefficient (Wildman–Crippen LogP) is 1.74. The van der Waals surface area contributed by atoms with Crippen LogP contribution in [0.25, 0.3) is 0 Å². The molecule has 0 saturated heterocycles. The summed E-state index contributed by atoms with van der Waals surface area (Å²) in [6.07, 6.45) is 1.53. The molecule has 0 unspecified atom stereocenters. The van der Waals surface area contributed by atoms with Gasteiger partial charge in [0.05, 0.1) is 22.8 Å². The molecule has 1 aromatic carbocycles. The van der Waals surface area contributed by atoms with E-state index >= 15 is 0 Å². The molecular weight excluding hydrogens is 315 g/mol. The fourth-order valence-corrected chi connectivity index (χ4v) is 2.07. The Labute approximate surface area is 131 Å². The first-order chi connectivity index (χ1) is 9.99. The highest BCUT2D eigenvalue weighted by molar-refractivity contribution is 6.42. The van der Waals surface area contributed by atoms with Gasteiger partial charge in [-0.2, -0.15) is 0 Å². The molecule has 0 radical (unpaired) electrons. The molecule has 0 aliphatic carbocycles. The molecule has 8 heteroatoms. The molecule has 1 amide bonds. The maximum absolute atomic E-state index is 12.1. The quantitative estimate of drug-likeness (QED) is 0.907. The predicted molar refractivity (Wildman–Crippen MR) is 78.9 cm³/mol. The molecule has 0 atom stereocenters. The smallest absolute Gasteiger partial charge is 0.244 e. The minimum atomic E-state index is -0.201. The lowest BCUT2D eigenvalue weighted by Gasteiger charge is -2.17. The summed E-state index contributed by atoms with van der Waals surface area (Å²) in [5, 5.41) is 17.3. The number of hydrogen-bond donors (Lipinski definition) is 1. The first-order valence-electron chi connectivity index (χ1n) is 6.17. The molecule has 0 aliphatic rings. The number of hydrogen-bond acceptors (Lipinski definition) is 4. The number of carbonyl (C=O) groups is 1. The fraction of sp³-hybridized carbons (Fsp3) is 0.308. The van der Waals surface area contributed by atoms with Crippen LogP contribution in [0.4, 0.5) is 0 Å². The van der Waals surface area contributed by atoms with Crippen LogP contribution in [-0.2, 0) is 24.5 Å². The summed E-state index contributed by atoms with van der Waals surface area (Å²) in [6, 6.07) is 5.24. The Hall–Kier alpha value is -1.63. The molecule has 1 heterocycles. The number of amides is 1. The van der Waals surface area contributed by atoms with Gasteiger partial charge in [-0.25, -0.2) is 4.68 Å². The molecule has 0 bridgehead atoms. The standard InChI is InChI=1S/C13H14Cl2N4O2/c1-18(5-9-2-3-11(14)12(15)4-9)13(21)7-19-6-10(8-20)16-17-19/h2-4,6,20H,5,7-8H2,1H3. The molecule has 6 nitrogen and oxygen atoms in total. The van der Waals surface area contributed by atoms with Crippen molar-refractivity contribution in [2.75, 3.05) is 7.05 Å². The number of aromatic nitrogens is 3. The second-order valence-corrected chi connectivity index (χ2v) is 5.38. The van der Waals surface area contributed by atoms with E-state index in [2.05, 4.69) is 10.3 Å². The number of rotatable bonds is 5. The van der Waals surface area contributed by atoms with E-state index in [-0.39, 0.29) is 19.1 Å². The van der Waals surface area contributed by atoms with Crippen LogP contribution >= 0.6 is 23.2 Å². The molecule has 2 rings (SSSR count). The Morgan fingerprint density at radius 2 is 2.14 bits per heavy atom. The van der Waals surface area contributed by atoms with Crippen LogP contribution in [0.15, 0.2) is 24.4 Å². The number of benzene rings is 1. The number of aliphatic hydroxyl groups excluding tert-OH is 1. The molecule has 21 heavy (non-hydrogen) atoms. The topological polar surface area (TPSA) is 71.2 Å². The average molecular weight is 329 g/mol. The molecule has 0 saturated carbocycles. The molecule has 0 fully saturated rings. The lowest BCUT2D eigenvalue weighted by Crippen LogP contribution is -2.30. The summed E-state index contributed by atoms with van der Waals surface area (Å²) < 4.78 is 1.39. The van der Waals surface area contributed by atoms with E-state index in [1.165, 1.54) is 10.9 Å². The third kappa shape index (κ3) is 4.17. The Bertz CT molecular complexity index is 645. The zero-order valence-electron chi connectivity index (χ0n) is 11.3. The molecule has 112 valence electrons. The molecule has 1 N–H and O–H groups in total. The van der Waals surface area contributed by atoms with E-state index < -0.39 is 0 Å². The van der Waals surface area contributed by atoms with E-state index in [0.29, 0.717) is 22.3 Å². The monoisotopic (exact) mass is 328 g/mol. The van der Waals surface area contributed by atoms with Crippen LogP contribution in [0.1, 0.15) is 11.3 Å². The van der Waals surface area contributed by atoms with Gasteiger partial charge in [-0.05, 0) is 17.7 Å². The second kappa shape index (κ2) is 6.89. The van der Waals surface area contributed by atoms with E-state index in [4.69, 9.17) is 28.3 Å². The van der Waals surface area contributed by atoms with Crippen molar-refractivity contribution in [1.29, 1.82) is 0 Å². The minimum Gasteiger partial charge on any atom is -0.390 e. The van der Waals surface area contributed by atoms with Gasteiger partial charge in [0.2, 0.25) is 5.91 Å². The van der Waals surface area contributed by atoms with Crippen LogP contribution in [0.3, 0.4) is 0 Å². The lowest BCUT2D eigenvalue weighted by atomic mass is 10.2. The summed E-state index contributed by atoms with van der Waals surface area (Å²) >= 11 is 11.8. The lowest BCUT2D eigenvalue weighted by molar-refractivity contribution is -0.131. The van der Waals surface area contributed by atoms with E-state index in [1.54, 1.807) is 24.1 Å². The van der Waals surface area contributed by atoms with Gasteiger partial charge >= 0.3 is 0 Å². The summed E-state index contributed by atoms with van der Waals surface area (Å²) in [5.74, 6) is -0.129. The van der Waals surface area contributed by atoms with Gasteiger partial charge in [0.15, 0.2) is 0 Å². The SMILES string of the molecule is CN(Cc1ccc(Cl)c(Cl)c1)C(=O)Cn1cc(CO)nn1. The highest BCUT2D eigenvalue weighted by Gasteiger charge is 2.12. The summed E-state index contributed by atoms with van der Waals surface area (Å²) in [5.41, 5.74) is 1.31. The van der Waals surface area contributed by atoms with Crippen LogP contribution in [-0.4, -0.2) is 38.0 Å². The van der Waals surface area contributed by atoms with Crippen molar-refractivity contribution < 1.29 is 9.90 Å². The zero-order chi connectivity index (χ0) is 15.4. The summed E-state index contributed by atoms with van der Waals surface area (Å²) in [6.45, 7) is 0.273. The van der Waals surface area contributed by atoms with Crippen molar-refractivity contribution in [2.45, 2.75) is 19.7 Å². The largest absolute Gasteiger partial charge is 0.390 e. The molecule has 0 spiro atoms. The number of aliphatic hydroxyl groups is 1. The van der Waals surface area contributed by atoms with Crippen molar-refractivity contribution >= 4 is 29.1 Å². The van der Waals surface area contributed by atoms with Crippen molar-refractivity contribution in [3.05, 3.63) is 45.7 Å². The maximum Gasteiger partial charge on any atom is 0.244 e. The summed E-state index contributed by atoms with van der Waals surface area (Å²) in [7, 11) is 1.69. The Morgan fingerprint density at radius 1 is 1.38 bits per heavy atom. The Morgan fingerprint density at radius 3 is 2.76 bits per heavy atom. The number of halogens is 2. The number of carbonyl (C=O) groups excluding carboxylic acids is 1. The molecule has 1 aromatic heterocycles. The van der Waals surface area contributed by atoms with Crippen molar-refractivity contribution in [2.24, 2.45) is 0 Å². The Kier molecular flexibility index (Phi) is 5.17. The second-order valence-electron chi connectivity index (χ2n) is 4.56. The highest BCUT2D eigenvalue weighted by atomic mass is 35.5. The first-order valence-corrected chi connectivity index (χ1v) is 6.93. The van der Waals surface area contributed by atoms with Gasteiger partial charge in [0.25, 0.3) is 0 Å². The number of nitrogens with zero attached hydrogens (tertiary/aromatic N) is 4. The molecule has 2 aromatic rings. The van der Waals surface area contributed by atoms with Crippen LogP contribution in [0.5, 0.6) is 0 Å². The molecular formula is C13H14Cl2N4O2. The van der Waals surface area contributed by atoms with Crippen LogP contribution in [0, 0.1) is 0 Å². The first kappa shape index (κ1) is 15.8. The molecule has 0 aliphatic heterocycles. The zero-order valence-corrected chi connectivity index (χ0v) is 12.8. The average Bonchev–Trinajstić information content (AvgIpc) is 2.90. The van der Waals surface area contributed by atoms with Gasteiger partial charge in [0.1, 0.15) is 12.2 Å². The van der Waals surface area contributed by atoms with Gasteiger partial charge in [-0.3, -0.25) is 4.79 Å². The fourth-order valence-electron chi connectivity index (χ4n) is 1.75. The Balaban J connectivity index is 1.97. The van der Waals surface area contributed by atoms with Gasteiger partial charge in [-0.15, -0.1) is 5.10 Å². The highest BCUT2D eigenvalue weighted by Crippen LogP contribution is 2.23. The maximum atomic E-state index is 12.1. The number of likely N-dealkylation sites (N-methyl/N-ethyl adjacent to an activating group) is 1. The van der Waals surface area contributed by atoms with Gasteiger partial charge < -0.3 is 10.0 Å². The van der Waals surface area contributed by atoms with Gasteiger partial charge in [0, 0.05) is 13.6 Å². The van der Waals surface area contributed by atoms with E-state index in [1.807, 2.05) is 6.07 Å². The normalized spacial score (nSPS) is 10.7. The van der Waals surface area contributed by atoms with E-state index in [9.17, 15) is 4.79 Å². The van der Waals surface area contributed by atoms with Crippen molar-refractivity contribution in [1.82, 2.24) is 19.9 Å². The minimum absolute atomic E-state index is 0.0603.